The third-order valence-electron chi connectivity index (χ3n) is 3.04. The summed E-state index contributed by atoms with van der Waals surface area (Å²) in [7, 11) is 2.94. The highest BCUT2D eigenvalue weighted by atomic mass is 32.1. The van der Waals surface area contributed by atoms with Crippen LogP contribution in [0.3, 0.4) is 0 Å². The van der Waals surface area contributed by atoms with Gasteiger partial charge in [0.25, 0.3) is 0 Å². The van der Waals surface area contributed by atoms with E-state index in [0.717, 1.165) is 9.06 Å². The lowest BCUT2D eigenvalue weighted by Crippen LogP contribution is -1.94. The smallest absolute Gasteiger partial charge is 0.340 e. The normalized spacial score (nSPS) is 12.8. The fraction of sp³-hybridized carbons (Fsp3) is 0.125. The lowest BCUT2D eigenvalue weighted by molar-refractivity contribution is -0.294. The van der Waals surface area contributed by atoms with Crippen LogP contribution in [0.5, 0.6) is 23.4 Å². The zero-order valence-electron chi connectivity index (χ0n) is 12.3. The standard InChI is InChI=1S/C16H13O6S/c1-19-11-7-15(17)21-13(11)5-9-3-4-10(23-9)6-14-12(20-2)8-16(18)22-14/h3-8,17H,1-2H3/p-1/b9-5-,10-6-. The van der Waals surface area contributed by atoms with Gasteiger partial charge in [-0.1, -0.05) is 0 Å². The van der Waals surface area contributed by atoms with Crippen molar-refractivity contribution in [1.82, 2.24) is 0 Å². The molecule has 3 heterocycles. The van der Waals surface area contributed by atoms with Gasteiger partial charge in [0.1, 0.15) is 5.75 Å². The van der Waals surface area contributed by atoms with Crippen LogP contribution in [0.25, 0.3) is 12.2 Å². The summed E-state index contributed by atoms with van der Waals surface area (Å²) < 4.78 is 22.0. The Morgan fingerprint density at radius 3 is 2.17 bits per heavy atom. The number of furan rings is 2. The molecule has 0 atom stereocenters. The van der Waals surface area contributed by atoms with Gasteiger partial charge in [-0.15, -0.1) is 11.3 Å². The van der Waals surface area contributed by atoms with Gasteiger partial charge in [-0.3, -0.25) is 0 Å². The van der Waals surface area contributed by atoms with Crippen LogP contribution in [-0.2, 0) is 5.11 Å². The Morgan fingerprint density at radius 2 is 1.57 bits per heavy atom. The van der Waals surface area contributed by atoms with Gasteiger partial charge >= 0.3 is 5.95 Å². The Morgan fingerprint density at radius 1 is 1.00 bits per heavy atom. The van der Waals surface area contributed by atoms with Crippen LogP contribution >= 0.6 is 11.3 Å². The summed E-state index contributed by atoms with van der Waals surface area (Å²) in [5.41, 5.74) is 0. The van der Waals surface area contributed by atoms with E-state index in [9.17, 15) is 10.2 Å². The fourth-order valence-electron chi connectivity index (χ4n) is 2.03. The third-order valence-corrected chi connectivity index (χ3v) is 4.02. The molecule has 3 aromatic rings. The number of ether oxygens (including phenoxy) is 2. The predicted octanol–water partition coefficient (Wildman–Crippen LogP) is 1.83. The zero-order chi connectivity index (χ0) is 16.4. The molecule has 7 heteroatoms. The molecule has 0 amide bonds. The number of hydrogen-bond donors (Lipinski definition) is 0. The van der Waals surface area contributed by atoms with Crippen LogP contribution in [0.15, 0.2) is 33.1 Å². The van der Waals surface area contributed by atoms with Gasteiger partial charge in [0.15, 0.2) is 11.5 Å². The van der Waals surface area contributed by atoms with Gasteiger partial charge in [0.05, 0.1) is 32.0 Å². The molecule has 1 radical (unpaired) electrons. The summed E-state index contributed by atoms with van der Waals surface area (Å²) in [6, 6.07) is 6.29. The molecule has 0 bridgehead atoms. The Balaban J connectivity index is 1.99. The summed E-state index contributed by atoms with van der Waals surface area (Å²) >= 11 is 1.43. The highest BCUT2D eigenvalue weighted by Crippen LogP contribution is 2.28. The van der Waals surface area contributed by atoms with Crippen molar-refractivity contribution < 1.29 is 28.5 Å². The van der Waals surface area contributed by atoms with E-state index < -0.39 is 11.9 Å². The molecule has 0 N–H and O–H groups in total. The van der Waals surface area contributed by atoms with Crippen molar-refractivity contribution in [1.29, 1.82) is 0 Å². The molecule has 23 heavy (non-hydrogen) atoms. The van der Waals surface area contributed by atoms with E-state index in [1.54, 1.807) is 12.2 Å². The number of rotatable bonds is 4. The van der Waals surface area contributed by atoms with Crippen molar-refractivity contribution in [2.24, 2.45) is 0 Å². The number of hydrogen-bond acceptors (Lipinski definition) is 6. The topological polar surface area (TPSA) is 87.7 Å². The van der Waals surface area contributed by atoms with E-state index in [1.165, 1.54) is 37.7 Å². The Labute approximate surface area is 135 Å². The second-order valence-electron chi connectivity index (χ2n) is 4.52. The fourth-order valence-corrected chi connectivity index (χ4v) is 2.91. The van der Waals surface area contributed by atoms with Crippen molar-refractivity contribution in [3.63, 3.8) is 0 Å². The van der Waals surface area contributed by atoms with Crippen LogP contribution < -0.4 is 23.6 Å². The molecule has 0 aliphatic heterocycles. The maximum atomic E-state index is 11.3. The van der Waals surface area contributed by atoms with Crippen LogP contribution in [0.4, 0.5) is 0 Å². The van der Waals surface area contributed by atoms with E-state index in [2.05, 4.69) is 0 Å². The zero-order valence-corrected chi connectivity index (χ0v) is 13.1. The van der Waals surface area contributed by atoms with E-state index in [4.69, 9.17) is 18.3 Å². The minimum absolute atomic E-state index is 0.364. The summed E-state index contributed by atoms with van der Waals surface area (Å²) in [5, 5.41) is 22.5. The molecule has 0 aliphatic carbocycles. The van der Waals surface area contributed by atoms with Crippen molar-refractivity contribution in [3.8, 4) is 23.4 Å². The Hall–Kier alpha value is -2.80. The van der Waals surface area contributed by atoms with Gasteiger partial charge in [0.2, 0.25) is 0 Å². The number of thiophene rings is 1. The van der Waals surface area contributed by atoms with Crippen LogP contribution in [0.1, 0.15) is 11.5 Å². The molecule has 0 aromatic carbocycles. The van der Waals surface area contributed by atoms with Gasteiger partial charge in [-0.25, -0.2) is 5.11 Å². The lowest BCUT2D eigenvalue weighted by Gasteiger charge is -1.98. The molecule has 0 fully saturated rings. The van der Waals surface area contributed by atoms with Gasteiger partial charge in [-0.2, -0.15) is 0 Å². The molecule has 0 saturated heterocycles. The second kappa shape index (κ2) is 6.13. The molecule has 3 rings (SSSR count). The lowest BCUT2D eigenvalue weighted by atomic mass is 10.3. The molecule has 0 saturated carbocycles. The van der Waals surface area contributed by atoms with Crippen LogP contribution in [0.2, 0.25) is 0 Å². The van der Waals surface area contributed by atoms with Crippen molar-refractivity contribution in [3.05, 3.63) is 44.9 Å². The minimum atomic E-state index is -0.459. The van der Waals surface area contributed by atoms with E-state index in [1.807, 2.05) is 12.1 Å². The summed E-state index contributed by atoms with van der Waals surface area (Å²) in [4.78, 5) is 0. The van der Waals surface area contributed by atoms with E-state index in [-0.39, 0.29) is 0 Å². The first kappa shape index (κ1) is 15.1. The van der Waals surface area contributed by atoms with Gasteiger partial charge in [0, 0.05) is 21.2 Å². The molecular weight excluding hydrogens is 320 g/mol. The highest BCUT2D eigenvalue weighted by Gasteiger charge is 2.09. The average molecular weight is 332 g/mol. The van der Waals surface area contributed by atoms with Crippen LogP contribution in [-0.4, -0.2) is 14.2 Å². The largest absolute Gasteiger partial charge is 0.576 e. The minimum Gasteiger partial charge on any atom is -0.576 e. The first-order valence-electron chi connectivity index (χ1n) is 6.58. The monoisotopic (exact) mass is 332 g/mol. The van der Waals surface area contributed by atoms with E-state index in [0.29, 0.717) is 23.0 Å². The Bertz CT molecular complexity index is 856. The quantitative estimate of drug-likeness (QED) is 0.727. The van der Waals surface area contributed by atoms with Gasteiger partial charge in [-0.05, 0) is 18.2 Å². The van der Waals surface area contributed by atoms with Gasteiger partial charge < -0.3 is 23.4 Å². The molecule has 0 aliphatic rings. The summed E-state index contributed by atoms with van der Waals surface area (Å²) in [6.45, 7) is 0. The second-order valence-corrected chi connectivity index (χ2v) is 5.67. The maximum absolute atomic E-state index is 11.3. The molecular formula is C16H12O6S-. The van der Waals surface area contributed by atoms with E-state index >= 15 is 0 Å². The summed E-state index contributed by atoms with van der Waals surface area (Å²) in [6.07, 6.45) is 3.42. The van der Waals surface area contributed by atoms with Crippen molar-refractivity contribution in [2.45, 2.75) is 0 Å². The maximum Gasteiger partial charge on any atom is 0.340 e. The molecule has 119 valence electrons. The van der Waals surface area contributed by atoms with Crippen molar-refractivity contribution >= 4 is 23.5 Å². The molecule has 0 unspecified atom stereocenters. The average Bonchev–Trinajstić information content (AvgIpc) is 3.19. The Kier molecular flexibility index (Phi) is 4.03. The first-order chi connectivity index (χ1) is 11.1. The SMILES string of the molecule is COc1cc([O])oc1/C=c1/cc/c(=C/c2oc([O-])cc2OC)s1. The molecule has 6 nitrogen and oxygen atoms in total. The molecule has 0 spiro atoms. The van der Waals surface area contributed by atoms with Crippen LogP contribution in [0, 0.1) is 0 Å². The predicted molar refractivity (Wildman–Crippen MR) is 80.8 cm³/mol. The highest BCUT2D eigenvalue weighted by molar-refractivity contribution is 7.07. The first-order valence-corrected chi connectivity index (χ1v) is 7.39. The summed E-state index contributed by atoms with van der Waals surface area (Å²) in [5.74, 6) is 0.585. The third kappa shape index (κ3) is 3.19. The van der Waals surface area contributed by atoms with Crippen molar-refractivity contribution in [2.75, 3.05) is 14.2 Å². The number of methoxy groups -OCH3 is 2. The molecule has 3 aromatic heterocycles.